The van der Waals surface area contributed by atoms with E-state index in [1.54, 1.807) is 12.1 Å². The minimum atomic E-state index is -4.61. The van der Waals surface area contributed by atoms with Crippen molar-refractivity contribution in [3.8, 4) is 11.1 Å². The number of allylic oxidation sites excluding steroid dienone is 4. The molecular formula is C40H36Cl2F6Zr. The zero-order valence-corrected chi connectivity index (χ0v) is 31.7. The molecule has 2 aliphatic carbocycles. The van der Waals surface area contributed by atoms with Crippen LogP contribution in [-0.2, 0) is 33.6 Å². The van der Waals surface area contributed by atoms with Crippen molar-refractivity contribution < 1.29 is 72.4 Å². The Labute approximate surface area is 304 Å². The molecule has 0 spiro atoms. The summed E-state index contributed by atoms with van der Waals surface area (Å²) in [5.74, 6) is -0.0138. The van der Waals surface area contributed by atoms with Gasteiger partial charge in [-0.1, -0.05) is 0 Å². The van der Waals surface area contributed by atoms with Crippen LogP contribution in [0.4, 0.5) is 26.3 Å². The van der Waals surface area contributed by atoms with Gasteiger partial charge in [0, 0.05) is 0 Å². The molecule has 0 fully saturated rings. The maximum absolute atomic E-state index is 14.3. The number of halogens is 8. The average Bonchev–Trinajstić information content (AvgIpc) is 3.54. The molecule has 0 N–H and O–H groups in total. The molecule has 0 heterocycles. The van der Waals surface area contributed by atoms with Crippen LogP contribution in [0.1, 0.15) is 78.0 Å². The molecule has 0 aromatic heterocycles. The number of hydrogen-bond acceptors (Lipinski definition) is 0. The van der Waals surface area contributed by atoms with Crippen molar-refractivity contribution in [1.29, 1.82) is 0 Å². The average molecular weight is 793 g/mol. The van der Waals surface area contributed by atoms with E-state index in [4.69, 9.17) is 0 Å². The van der Waals surface area contributed by atoms with Gasteiger partial charge in [0.05, 0.1) is 0 Å². The van der Waals surface area contributed by atoms with Crippen LogP contribution in [0, 0.1) is 11.3 Å². The third kappa shape index (κ3) is 7.37. The Hall–Kier alpha value is -2.73. The Bertz CT molecular complexity index is 1860. The maximum atomic E-state index is 14.3. The predicted molar refractivity (Wildman–Crippen MR) is 174 cm³/mol. The summed E-state index contributed by atoms with van der Waals surface area (Å²) in [4.78, 5) is 0. The molecular weight excluding hydrogens is 757 g/mol. The predicted octanol–water partition coefficient (Wildman–Crippen LogP) is 5.98. The normalized spacial score (nSPS) is 15.8. The van der Waals surface area contributed by atoms with Gasteiger partial charge in [-0.25, -0.2) is 0 Å². The fraction of sp³-hybridized carbons (Fsp3) is 0.275. The van der Waals surface area contributed by atoms with Crippen molar-refractivity contribution in [3.63, 3.8) is 0 Å². The summed E-state index contributed by atoms with van der Waals surface area (Å²) in [6, 6.07) is 26.7. The Morgan fingerprint density at radius 1 is 0.653 bits per heavy atom. The fourth-order valence-corrected chi connectivity index (χ4v) is 17.6. The van der Waals surface area contributed by atoms with Gasteiger partial charge < -0.3 is 24.8 Å². The van der Waals surface area contributed by atoms with E-state index in [-0.39, 0.29) is 39.8 Å². The zero-order chi connectivity index (χ0) is 33.9. The number of alkyl halides is 6. The Morgan fingerprint density at radius 2 is 1.10 bits per heavy atom. The van der Waals surface area contributed by atoms with E-state index in [0.29, 0.717) is 14.3 Å². The smallest absolute Gasteiger partial charge is 1.00 e. The minimum absolute atomic E-state index is 0. The molecule has 256 valence electrons. The largest absolute Gasteiger partial charge is 1.00 e. The topological polar surface area (TPSA) is 0 Å². The summed E-state index contributed by atoms with van der Waals surface area (Å²) < 4.78 is 87.2. The second-order valence-corrected chi connectivity index (χ2v) is 19.4. The van der Waals surface area contributed by atoms with E-state index in [2.05, 4.69) is 65.0 Å². The minimum Gasteiger partial charge on any atom is -1.00 e. The first-order chi connectivity index (χ1) is 22.1. The van der Waals surface area contributed by atoms with E-state index in [9.17, 15) is 26.3 Å². The third-order valence-corrected chi connectivity index (χ3v) is 18.3. The van der Waals surface area contributed by atoms with E-state index < -0.39 is 44.7 Å². The quantitative estimate of drug-likeness (QED) is 0.219. The monoisotopic (exact) mass is 790 g/mol. The van der Waals surface area contributed by atoms with E-state index >= 15 is 0 Å². The van der Waals surface area contributed by atoms with E-state index in [1.807, 2.05) is 24.3 Å². The first-order valence-electron chi connectivity index (χ1n) is 15.8. The molecule has 2 aliphatic rings. The number of hydrogen-bond donors (Lipinski definition) is 0. The van der Waals surface area contributed by atoms with Crippen LogP contribution in [0.3, 0.4) is 0 Å². The van der Waals surface area contributed by atoms with Crippen LogP contribution in [0.25, 0.3) is 11.1 Å². The van der Waals surface area contributed by atoms with Gasteiger partial charge in [-0.3, -0.25) is 0 Å². The van der Waals surface area contributed by atoms with Crippen LogP contribution < -0.4 is 24.8 Å². The number of rotatable bonds is 5. The van der Waals surface area contributed by atoms with Crippen LogP contribution in [0.2, 0.25) is 0 Å². The summed E-state index contributed by atoms with van der Waals surface area (Å²) in [6.45, 7) is 10.7. The van der Waals surface area contributed by atoms with Crippen molar-refractivity contribution in [2.75, 3.05) is 0 Å². The first kappa shape index (κ1) is 39.1. The van der Waals surface area contributed by atoms with Crippen molar-refractivity contribution >= 4 is 3.21 Å². The van der Waals surface area contributed by atoms with Crippen molar-refractivity contribution in [2.24, 2.45) is 11.3 Å². The standard InChI is InChI=1S/C15H8F6.C13H9.C12H19.2ClH.Zr/c16-14(17,18)12-5-1-3-10(8-12)7-11-4-2-6-13(9-11)15(19,20)21;1-3-7-12-10(5-1)9-11-6-2-4-8-13(11)12;1-6-10-7-9(2)8-11(10)12(3,4)5;;;/h1-6,8-9H;1-9H;8-9H,6H2,1-5H3;2*1H;/q;;;;;+2/p-2. The summed E-state index contributed by atoms with van der Waals surface area (Å²) in [7, 11) is 0. The van der Waals surface area contributed by atoms with Crippen LogP contribution in [-0.4, -0.2) is 3.21 Å². The van der Waals surface area contributed by atoms with Gasteiger partial charge in [-0.15, -0.1) is 0 Å². The summed E-state index contributed by atoms with van der Waals surface area (Å²) >= 11 is -3.67. The molecule has 0 radical (unpaired) electrons. The molecule has 0 saturated carbocycles. The van der Waals surface area contributed by atoms with Gasteiger partial charge in [0.15, 0.2) is 0 Å². The van der Waals surface area contributed by atoms with Gasteiger partial charge in [-0.05, 0) is 0 Å². The molecule has 49 heavy (non-hydrogen) atoms. The van der Waals surface area contributed by atoms with Gasteiger partial charge in [0.1, 0.15) is 0 Å². The molecule has 0 amide bonds. The molecule has 1 unspecified atom stereocenters. The SMILES string of the molecule is CCC1=[C]([Zr+2](=[C](c2cccc(C(F)(F)F)c2)c2cccc(C(F)(F)F)c2)[CH]2c3ccccc3-c3ccccc32)C(C)C=C1C(C)(C)C.[Cl-].[Cl-]. The number of fused-ring (bicyclic) bond motifs is 3. The molecule has 0 bridgehead atoms. The van der Waals surface area contributed by atoms with Gasteiger partial charge in [0.25, 0.3) is 0 Å². The summed E-state index contributed by atoms with van der Waals surface area (Å²) in [6.07, 6.45) is -6.21. The fourth-order valence-electron chi connectivity index (χ4n) is 7.43. The molecule has 0 nitrogen and oxygen atoms in total. The van der Waals surface area contributed by atoms with Crippen LogP contribution in [0.15, 0.2) is 118 Å². The van der Waals surface area contributed by atoms with Crippen molar-refractivity contribution in [2.45, 2.75) is 57.0 Å². The molecule has 4 aromatic rings. The van der Waals surface area contributed by atoms with Crippen molar-refractivity contribution in [3.05, 3.63) is 151 Å². The summed E-state index contributed by atoms with van der Waals surface area (Å²) in [5, 5.41) is 0. The molecule has 1 atom stereocenters. The molecule has 9 heteroatoms. The van der Waals surface area contributed by atoms with Crippen molar-refractivity contribution in [1.82, 2.24) is 0 Å². The maximum Gasteiger partial charge on any atom is -1.00 e. The Morgan fingerprint density at radius 3 is 1.51 bits per heavy atom. The zero-order valence-electron chi connectivity index (χ0n) is 27.7. The van der Waals surface area contributed by atoms with Crippen LogP contribution in [0.5, 0.6) is 0 Å². The Balaban J connectivity index is 0.00000270. The number of benzene rings is 4. The molecule has 4 aromatic carbocycles. The Kier molecular flexibility index (Phi) is 11.5. The molecule has 0 aliphatic heterocycles. The van der Waals surface area contributed by atoms with Gasteiger partial charge in [0.2, 0.25) is 0 Å². The summed E-state index contributed by atoms with van der Waals surface area (Å²) in [5.41, 5.74) is 5.64. The van der Waals surface area contributed by atoms with Gasteiger partial charge >= 0.3 is 281 Å². The first-order valence-corrected chi connectivity index (χ1v) is 19.7. The third-order valence-electron chi connectivity index (χ3n) is 9.32. The second kappa shape index (κ2) is 14.5. The second-order valence-electron chi connectivity index (χ2n) is 13.4. The van der Waals surface area contributed by atoms with E-state index in [1.165, 1.54) is 26.6 Å². The van der Waals surface area contributed by atoms with Gasteiger partial charge in [-0.2, -0.15) is 0 Å². The van der Waals surface area contributed by atoms with E-state index in [0.717, 1.165) is 52.9 Å². The van der Waals surface area contributed by atoms with Crippen LogP contribution >= 0.6 is 0 Å². The molecule has 6 rings (SSSR count). The molecule has 0 saturated heterocycles.